The number of hydrogen-bond acceptors (Lipinski definition) is 2. The van der Waals surface area contributed by atoms with Crippen LogP contribution in [0.15, 0.2) is 18.2 Å². The van der Waals surface area contributed by atoms with Crippen molar-refractivity contribution in [2.75, 3.05) is 6.54 Å². The van der Waals surface area contributed by atoms with Crippen molar-refractivity contribution in [3.63, 3.8) is 0 Å². The first kappa shape index (κ1) is 10.5. The summed E-state index contributed by atoms with van der Waals surface area (Å²) in [6.45, 7) is 1.11. The molecule has 1 aliphatic heterocycles. The topological polar surface area (TPSA) is 40.7 Å². The molecule has 2 heterocycles. The SMILES string of the molecule is Ic1ccc2[nH]c([C@@H]3CCCCN3)nc2c1. The predicted octanol–water partition coefficient (Wildman–Crippen LogP) is 2.98. The lowest BCUT2D eigenvalue weighted by molar-refractivity contribution is 0.400. The second-order valence-electron chi connectivity index (χ2n) is 4.29. The predicted molar refractivity (Wildman–Crippen MR) is 73.4 cm³/mol. The van der Waals surface area contributed by atoms with Crippen LogP contribution in [0, 0.1) is 3.57 Å². The quantitative estimate of drug-likeness (QED) is 0.791. The number of aromatic nitrogens is 2. The number of benzene rings is 1. The van der Waals surface area contributed by atoms with Crippen molar-refractivity contribution in [1.29, 1.82) is 0 Å². The van der Waals surface area contributed by atoms with Gasteiger partial charge in [-0.05, 0) is 60.2 Å². The molecule has 4 heteroatoms. The Hall–Kier alpha value is -0.620. The standard InChI is InChI=1S/C12H14IN3/c13-8-4-5-9-11(7-8)16-12(15-9)10-3-1-2-6-14-10/h4-5,7,10,14H,1-3,6H2,(H,15,16)/t10-/m0/s1. The minimum atomic E-state index is 0.416. The zero-order valence-corrected chi connectivity index (χ0v) is 11.1. The smallest absolute Gasteiger partial charge is 0.124 e. The summed E-state index contributed by atoms with van der Waals surface area (Å²) in [6, 6.07) is 6.76. The van der Waals surface area contributed by atoms with E-state index in [4.69, 9.17) is 0 Å². The summed E-state index contributed by atoms with van der Waals surface area (Å²) in [6.07, 6.45) is 3.78. The molecule has 0 spiro atoms. The van der Waals surface area contributed by atoms with E-state index in [-0.39, 0.29) is 0 Å². The van der Waals surface area contributed by atoms with Crippen LogP contribution in [0.3, 0.4) is 0 Å². The number of rotatable bonds is 1. The molecule has 0 bridgehead atoms. The molecule has 16 heavy (non-hydrogen) atoms. The Bertz CT molecular complexity index is 500. The van der Waals surface area contributed by atoms with Gasteiger partial charge in [0, 0.05) is 3.57 Å². The normalized spacial score (nSPS) is 21.4. The fourth-order valence-electron chi connectivity index (χ4n) is 2.25. The lowest BCUT2D eigenvalue weighted by Gasteiger charge is -2.21. The van der Waals surface area contributed by atoms with E-state index < -0.39 is 0 Å². The Morgan fingerprint density at radius 2 is 2.25 bits per heavy atom. The van der Waals surface area contributed by atoms with Crippen molar-refractivity contribution in [1.82, 2.24) is 15.3 Å². The molecule has 1 atom stereocenters. The van der Waals surface area contributed by atoms with Crippen molar-refractivity contribution in [2.45, 2.75) is 25.3 Å². The highest BCUT2D eigenvalue weighted by atomic mass is 127. The number of halogens is 1. The van der Waals surface area contributed by atoms with Gasteiger partial charge < -0.3 is 10.3 Å². The van der Waals surface area contributed by atoms with Crippen LogP contribution in [0.2, 0.25) is 0 Å². The van der Waals surface area contributed by atoms with Gasteiger partial charge in [-0.15, -0.1) is 0 Å². The van der Waals surface area contributed by atoms with Gasteiger partial charge in [-0.3, -0.25) is 0 Å². The number of aromatic amines is 1. The monoisotopic (exact) mass is 327 g/mol. The first-order valence-electron chi connectivity index (χ1n) is 5.71. The molecule has 0 aliphatic carbocycles. The number of piperidine rings is 1. The second-order valence-corrected chi connectivity index (χ2v) is 5.53. The first-order valence-corrected chi connectivity index (χ1v) is 6.79. The van der Waals surface area contributed by atoms with Crippen LogP contribution in [0.1, 0.15) is 31.1 Å². The number of hydrogen-bond donors (Lipinski definition) is 2. The molecule has 84 valence electrons. The Labute approximate surface area is 108 Å². The van der Waals surface area contributed by atoms with Crippen molar-refractivity contribution < 1.29 is 0 Å². The minimum absolute atomic E-state index is 0.416. The largest absolute Gasteiger partial charge is 0.341 e. The Morgan fingerprint density at radius 3 is 3.06 bits per heavy atom. The Balaban J connectivity index is 1.97. The van der Waals surface area contributed by atoms with Crippen molar-refractivity contribution in [3.8, 4) is 0 Å². The summed E-state index contributed by atoms with van der Waals surface area (Å²) < 4.78 is 1.24. The van der Waals surface area contributed by atoms with Gasteiger partial charge in [0.05, 0.1) is 17.1 Å². The third kappa shape index (κ3) is 1.96. The summed E-state index contributed by atoms with van der Waals surface area (Å²) in [7, 11) is 0. The fraction of sp³-hybridized carbons (Fsp3) is 0.417. The van der Waals surface area contributed by atoms with Crippen molar-refractivity contribution >= 4 is 33.6 Å². The van der Waals surface area contributed by atoms with Crippen LogP contribution in [0.25, 0.3) is 11.0 Å². The number of nitrogens with one attached hydrogen (secondary N) is 2. The van der Waals surface area contributed by atoms with Gasteiger partial charge >= 0.3 is 0 Å². The molecule has 1 fully saturated rings. The van der Waals surface area contributed by atoms with E-state index in [2.05, 4.69) is 56.1 Å². The highest BCUT2D eigenvalue weighted by Crippen LogP contribution is 2.23. The van der Waals surface area contributed by atoms with Gasteiger partial charge in [0.15, 0.2) is 0 Å². The second kappa shape index (κ2) is 4.33. The molecule has 0 unspecified atom stereocenters. The maximum atomic E-state index is 4.67. The maximum absolute atomic E-state index is 4.67. The Kier molecular flexibility index (Phi) is 2.85. The molecule has 3 rings (SSSR count). The summed E-state index contributed by atoms with van der Waals surface area (Å²) in [4.78, 5) is 8.09. The molecule has 1 saturated heterocycles. The zero-order chi connectivity index (χ0) is 11.0. The van der Waals surface area contributed by atoms with E-state index in [1.165, 1.54) is 22.8 Å². The summed E-state index contributed by atoms with van der Waals surface area (Å²) >= 11 is 2.32. The maximum Gasteiger partial charge on any atom is 0.124 e. The Morgan fingerprint density at radius 1 is 1.31 bits per heavy atom. The number of nitrogens with zero attached hydrogens (tertiary/aromatic N) is 1. The van der Waals surface area contributed by atoms with Crippen LogP contribution in [-0.4, -0.2) is 16.5 Å². The van der Waals surface area contributed by atoms with E-state index in [0.29, 0.717) is 6.04 Å². The molecule has 1 aromatic carbocycles. The summed E-state index contributed by atoms with van der Waals surface area (Å²) in [5, 5.41) is 3.52. The summed E-state index contributed by atoms with van der Waals surface area (Å²) in [5.74, 6) is 1.09. The minimum Gasteiger partial charge on any atom is -0.341 e. The van der Waals surface area contributed by atoms with Crippen molar-refractivity contribution in [2.24, 2.45) is 0 Å². The molecule has 1 aromatic heterocycles. The first-order chi connectivity index (χ1) is 7.83. The molecule has 3 nitrogen and oxygen atoms in total. The number of imidazole rings is 1. The van der Waals surface area contributed by atoms with Crippen LogP contribution >= 0.6 is 22.6 Å². The average molecular weight is 327 g/mol. The molecule has 1 aliphatic rings. The molecule has 2 aromatic rings. The molecular formula is C12H14IN3. The third-order valence-electron chi connectivity index (χ3n) is 3.10. The fourth-order valence-corrected chi connectivity index (χ4v) is 2.72. The van der Waals surface area contributed by atoms with Crippen LogP contribution in [-0.2, 0) is 0 Å². The highest BCUT2D eigenvalue weighted by molar-refractivity contribution is 14.1. The van der Waals surface area contributed by atoms with Gasteiger partial charge in [-0.2, -0.15) is 0 Å². The van der Waals surface area contributed by atoms with E-state index in [9.17, 15) is 0 Å². The van der Waals surface area contributed by atoms with E-state index in [1.54, 1.807) is 0 Å². The summed E-state index contributed by atoms with van der Waals surface area (Å²) in [5.41, 5.74) is 2.22. The van der Waals surface area contributed by atoms with E-state index in [1.807, 2.05) is 0 Å². The van der Waals surface area contributed by atoms with Gasteiger partial charge in [0.2, 0.25) is 0 Å². The molecule has 0 saturated carbocycles. The van der Waals surface area contributed by atoms with Crippen LogP contribution in [0.5, 0.6) is 0 Å². The van der Waals surface area contributed by atoms with Crippen molar-refractivity contribution in [3.05, 3.63) is 27.6 Å². The lowest BCUT2D eigenvalue weighted by atomic mass is 10.0. The molecule has 0 amide bonds. The molecule has 2 N–H and O–H groups in total. The lowest BCUT2D eigenvalue weighted by Crippen LogP contribution is -2.27. The van der Waals surface area contributed by atoms with Gasteiger partial charge in [-0.25, -0.2) is 4.98 Å². The average Bonchev–Trinajstić information content (AvgIpc) is 2.73. The van der Waals surface area contributed by atoms with Crippen LogP contribution in [0.4, 0.5) is 0 Å². The molecule has 0 radical (unpaired) electrons. The van der Waals surface area contributed by atoms with Gasteiger partial charge in [0.25, 0.3) is 0 Å². The zero-order valence-electron chi connectivity index (χ0n) is 8.96. The third-order valence-corrected chi connectivity index (χ3v) is 3.77. The molecular weight excluding hydrogens is 313 g/mol. The van der Waals surface area contributed by atoms with E-state index in [0.717, 1.165) is 23.4 Å². The number of fused-ring (bicyclic) bond motifs is 1. The van der Waals surface area contributed by atoms with E-state index >= 15 is 0 Å². The highest BCUT2D eigenvalue weighted by Gasteiger charge is 2.17. The van der Waals surface area contributed by atoms with Crippen LogP contribution < -0.4 is 5.32 Å². The van der Waals surface area contributed by atoms with Gasteiger partial charge in [-0.1, -0.05) is 6.42 Å². The number of H-pyrrole nitrogens is 1. The van der Waals surface area contributed by atoms with Gasteiger partial charge in [0.1, 0.15) is 5.82 Å².